The highest BCUT2D eigenvalue weighted by Crippen LogP contribution is 2.39. The second-order valence-electron chi connectivity index (χ2n) is 7.11. The minimum Gasteiger partial charge on any atom is -0.481 e. The SMILES string of the molecule is CC(Cc1ccc(Cl)c(NC(=O)[C@H](c2ccc(Cl)cc2)[C@@H](C)C(F)(F)F)c1)C(=O)O. The van der Waals surface area contributed by atoms with Gasteiger partial charge in [-0.05, 0) is 41.8 Å². The lowest BCUT2D eigenvalue weighted by Crippen LogP contribution is -2.34. The Morgan fingerprint density at radius 2 is 1.67 bits per heavy atom. The summed E-state index contributed by atoms with van der Waals surface area (Å²) in [5.74, 6) is -6.04. The number of rotatable bonds is 7. The molecule has 4 nitrogen and oxygen atoms in total. The Labute approximate surface area is 182 Å². The van der Waals surface area contributed by atoms with Gasteiger partial charge in [-0.15, -0.1) is 0 Å². The zero-order valence-electron chi connectivity index (χ0n) is 16.1. The van der Waals surface area contributed by atoms with Gasteiger partial charge in [0.05, 0.1) is 28.5 Å². The topological polar surface area (TPSA) is 66.4 Å². The van der Waals surface area contributed by atoms with Crippen LogP contribution in [0.2, 0.25) is 10.0 Å². The maximum atomic E-state index is 13.4. The largest absolute Gasteiger partial charge is 0.481 e. The van der Waals surface area contributed by atoms with Crippen LogP contribution in [-0.2, 0) is 16.0 Å². The van der Waals surface area contributed by atoms with Crippen molar-refractivity contribution in [2.45, 2.75) is 32.4 Å². The summed E-state index contributed by atoms with van der Waals surface area (Å²) in [6.45, 7) is 2.46. The number of hydrogen-bond donors (Lipinski definition) is 2. The van der Waals surface area contributed by atoms with E-state index >= 15 is 0 Å². The Kier molecular flexibility index (Phi) is 7.77. The molecule has 30 heavy (non-hydrogen) atoms. The minimum atomic E-state index is -4.61. The fourth-order valence-electron chi connectivity index (χ4n) is 2.97. The van der Waals surface area contributed by atoms with Crippen LogP contribution in [0.1, 0.15) is 30.9 Å². The summed E-state index contributed by atoms with van der Waals surface area (Å²) in [4.78, 5) is 23.9. The van der Waals surface area contributed by atoms with E-state index in [4.69, 9.17) is 28.3 Å². The highest BCUT2D eigenvalue weighted by molar-refractivity contribution is 6.33. The molecule has 2 aromatic carbocycles. The quantitative estimate of drug-likeness (QED) is 0.517. The number of carbonyl (C=O) groups is 2. The molecule has 0 fully saturated rings. The number of carboxylic acids is 1. The van der Waals surface area contributed by atoms with Crippen LogP contribution in [-0.4, -0.2) is 23.2 Å². The number of carbonyl (C=O) groups excluding carboxylic acids is 1. The molecular weight excluding hydrogens is 442 g/mol. The molecule has 162 valence electrons. The van der Waals surface area contributed by atoms with E-state index in [1.807, 2.05) is 0 Å². The lowest BCUT2D eigenvalue weighted by atomic mass is 9.86. The lowest BCUT2D eigenvalue weighted by molar-refractivity contribution is -0.178. The van der Waals surface area contributed by atoms with Gasteiger partial charge in [0.1, 0.15) is 0 Å². The third-order valence-electron chi connectivity index (χ3n) is 4.78. The van der Waals surface area contributed by atoms with Crippen molar-refractivity contribution in [2.24, 2.45) is 11.8 Å². The summed E-state index contributed by atoms with van der Waals surface area (Å²) in [5.41, 5.74) is 0.857. The minimum absolute atomic E-state index is 0.116. The summed E-state index contributed by atoms with van der Waals surface area (Å²) in [5, 5.41) is 12.0. The van der Waals surface area contributed by atoms with Gasteiger partial charge >= 0.3 is 12.1 Å². The Balaban J connectivity index is 2.35. The molecule has 2 rings (SSSR count). The van der Waals surface area contributed by atoms with Gasteiger partial charge < -0.3 is 10.4 Å². The molecule has 0 aromatic heterocycles. The molecule has 0 heterocycles. The predicted octanol–water partition coefficient (Wildman–Crippen LogP) is 6.18. The third kappa shape index (κ3) is 6.12. The molecule has 0 radical (unpaired) electrons. The lowest BCUT2D eigenvalue weighted by Gasteiger charge is -2.26. The summed E-state index contributed by atoms with van der Waals surface area (Å²) in [7, 11) is 0. The average Bonchev–Trinajstić information content (AvgIpc) is 2.65. The molecule has 0 saturated heterocycles. The van der Waals surface area contributed by atoms with E-state index in [2.05, 4.69) is 5.32 Å². The molecule has 0 aliphatic rings. The van der Waals surface area contributed by atoms with Crippen molar-refractivity contribution in [3.05, 3.63) is 63.6 Å². The summed E-state index contributed by atoms with van der Waals surface area (Å²) in [6, 6.07) is 10.1. The first-order valence-electron chi connectivity index (χ1n) is 9.04. The van der Waals surface area contributed by atoms with Gasteiger partial charge in [0, 0.05) is 5.02 Å². The fourth-order valence-corrected chi connectivity index (χ4v) is 3.26. The van der Waals surface area contributed by atoms with Gasteiger partial charge in [-0.25, -0.2) is 0 Å². The first kappa shape index (κ1) is 24.0. The first-order valence-corrected chi connectivity index (χ1v) is 9.80. The van der Waals surface area contributed by atoms with E-state index < -0.39 is 35.8 Å². The maximum Gasteiger partial charge on any atom is 0.392 e. The highest BCUT2D eigenvalue weighted by Gasteiger charge is 2.45. The van der Waals surface area contributed by atoms with Crippen LogP contribution in [0.15, 0.2) is 42.5 Å². The molecule has 3 atom stereocenters. The molecule has 0 spiro atoms. The fraction of sp³-hybridized carbons (Fsp3) is 0.333. The highest BCUT2D eigenvalue weighted by atomic mass is 35.5. The van der Waals surface area contributed by atoms with E-state index in [1.165, 1.54) is 43.3 Å². The number of benzene rings is 2. The predicted molar refractivity (Wildman–Crippen MR) is 110 cm³/mol. The number of anilines is 1. The zero-order chi connectivity index (χ0) is 22.6. The van der Waals surface area contributed by atoms with Crippen LogP contribution < -0.4 is 5.32 Å². The molecule has 0 aliphatic carbocycles. The van der Waals surface area contributed by atoms with Crippen LogP contribution in [0.3, 0.4) is 0 Å². The Hall–Kier alpha value is -2.25. The van der Waals surface area contributed by atoms with Gasteiger partial charge in [0.2, 0.25) is 5.91 Å². The van der Waals surface area contributed by atoms with Crippen molar-refractivity contribution < 1.29 is 27.9 Å². The molecule has 9 heteroatoms. The number of amides is 1. The van der Waals surface area contributed by atoms with Gasteiger partial charge in [-0.3, -0.25) is 9.59 Å². The number of hydrogen-bond acceptors (Lipinski definition) is 2. The van der Waals surface area contributed by atoms with Crippen LogP contribution in [0, 0.1) is 11.8 Å². The standard InChI is InChI=1S/C21H20Cl2F3NO3/c1-11(20(29)30)9-13-3-8-16(23)17(10-13)27-19(28)18(12(2)21(24,25)26)14-4-6-15(22)7-5-14/h3-8,10-12,18H,9H2,1-2H3,(H,27,28)(H,29,30)/t11?,12-,18+/m1/s1. The Morgan fingerprint density at radius 3 is 2.20 bits per heavy atom. The number of nitrogens with one attached hydrogen (secondary N) is 1. The van der Waals surface area contributed by atoms with Gasteiger partial charge in [-0.1, -0.05) is 55.2 Å². The van der Waals surface area contributed by atoms with E-state index in [0.717, 1.165) is 6.92 Å². The van der Waals surface area contributed by atoms with Crippen molar-refractivity contribution in [1.82, 2.24) is 0 Å². The van der Waals surface area contributed by atoms with Crippen LogP contribution in [0.4, 0.5) is 18.9 Å². The first-order chi connectivity index (χ1) is 13.9. The molecule has 2 aromatic rings. The normalized spacial score (nSPS) is 14.6. The van der Waals surface area contributed by atoms with E-state index in [0.29, 0.717) is 10.6 Å². The van der Waals surface area contributed by atoms with Crippen molar-refractivity contribution in [2.75, 3.05) is 5.32 Å². The average molecular weight is 462 g/mol. The maximum absolute atomic E-state index is 13.4. The number of carboxylic acid groups (broad SMARTS) is 1. The second-order valence-corrected chi connectivity index (χ2v) is 7.95. The smallest absolute Gasteiger partial charge is 0.392 e. The molecular formula is C21H20Cl2F3NO3. The van der Waals surface area contributed by atoms with E-state index in [9.17, 15) is 22.8 Å². The van der Waals surface area contributed by atoms with Gasteiger partial charge in [0.25, 0.3) is 0 Å². The van der Waals surface area contributed by atoms with E-state index in [1.54, 1.807) is 6.07 Å². The summed E-state index contributed by atoms with van der Waals surface area (Å²) >= 11 is 11.9. The van der Waals surface area contributed by atoms with Crippen LogP contribution in [0.25, 0.3) is 0 Å². The van der Waals surface area contributed by atoms with Crippen LogP contribution >= 0.6 is 23.2 Å². The van der Waals surface area contributed by atoms with Gasteiger partial charge in [0.15, 0.2) is 0 Å². The number of alkyl halides is 3. The monoisotopic (exact) mass is 461 g/mol. The summed E-state index contributed by atoms with van der Waals surface area (Å²) in [6.07, 6.45) is -4.43. The zero-order valence-corrected chi connectivity index (χ0v) is 17.6. The van der Waals surface area contributed by atoms with Crippen molar-refractivity contribution in [3.63, 3.8) is 0 Å². The number of aliphatic carboxylic acids is 1. The van der Waals surface area contributed by atoms with Crippen molar-refractivity contribution >= 4 is 40.8 Å². The van der Waals surface area contributed by atoms with Crippen molar-refractivity contribution in [3.8, 4) is 0 Å². The Bertz CT molecular complexity index is 917. The molecule has 0 saturated carbocycles. The molecule has 0 bridgehead atoms. The van der Waals surface area contributed by atoms with E-state index in [-0.39, 0.29) is 22.7 Å². The molecule has 1 amide bonds. The molecule has 0 aliphatic heterocycles. The second kappa shape index (κ2) is 9.71. The number of halogens is 5. The summed E-state index contributed by atoms with van der Waals surface area (Å²) < 4.78 is 40.3. The molecule has 2 N–H and O–H groups in total. The molecule has 1 unspecified atom stereocenters. The van der Waals surface area contributed by atoms with Crippen molar-refractivity contribution in [1.29, 1.82) is 0 Å². The van der Waals surface area contributed by atoms with Gasteiger partial charge in [-0.2, -0.15) is 13.2 Å². The third-order valence-corrected chi connectivity index (χ3v) is 5.36. The van der Waals surface area contributed by atoms with Crippen LogP contribution in [0.5, 0.6) is 0 Å². The Morgan fingerprint density at radius 1 is 1.07 bits per heavy atom.